The van der Waals surface area contributed by atoms with Gasteiger partial charge in [0.2, 0.25) is 10.0 Å². The summed E-state index contributed by atoms with van der Waals surface area (Å²) in [6.45, 7) is 5.92. The molecule has 0 aromatic carbocycles. The van der Waals surface area contributed by atoms with Crippen LogP contribution in [0.3, 0.4) is 0 Å². The molecule has 1 aromatic heterocycles. The number of sulfonamides is 1. The number of nitrogens with one attached hydrogen (secondary N) is 2. The van der Waals surface area contributed by atoms with Gasteiger partial charge < -0.3 is 14.5 Å². The SMILES string of the molecule is CCCCOCCCNS(=O)(=O)c1cc(CNC)oc1C. The summed E-state index contributed by atoms with van der Waals surface area (Å²) >= 11 is 0. The topological polar surface area (TPSA) is 80.6 Å². The lowest BCUT2D eigenvalue weighted by molar-refractivity contribution is 0.130. The molecule has 0 unspecified atom stereocenters. The molecule has 6 nitrogen and oxygen atoms in total. The Morgan fingerprint density at radius 2 is 2.00 bits per heavy atom. The molecule has 1 heterocycles. The summed E-state index contributed by atoms with van der Waals surface area (Å²) in [7, 11) is -1.73. The molecule has 0 aliphatic carbocycles. The minimum atomic E-state index is -3.51. The summed E-state index contributed by atoms with van der Waals surface area (Å²) in [4.78, 5) is 0.208. The Morgan fingerprint density at radius 1 is 1.29 bits per heavy atom. The molecule has 0 bridgehead atoms. The van der Waals surface area contributed by atoms with Crippen molar-refractivity contribution < 1.29 is 17.6 Å². The van der Waals surface area contributed by atoms with Gasteiger partial charge in [-0.15, -0.1) is 0 Å². The highest BCUT2D eigenvalue weighted by atomic mass is 32.2. The first-order chi connectivity index (χ1) is 10.0. The molecule has 1 rings (SSSR count). The van der Waals surface area contributed by atoms with Gasteiger partial charge in [-0.05, 0) is 26.8 Å². The van der Waals surface area contributed by atoms with E-state index in [9.17, 15) is 8.42 Å². The van der Waals surface area contributed by atoms with Crippen LogP contribution in [0.25, 0.3) is 0 Å². The number of hydrogen-bond acceptors (Lipinski definition) is 5. The van der Waals surface area contributed by atoms with Crippen LogP contribution in [0.15, 0.2) is 15.4 Å². The number of furan rings is 1. The minimum absolute atomic E-state index is 0.208. The van der Waals surface area contributed by atoms with E-state index in [2.05, 4.69) is 17.0 Å². The second-order valence-corrected chi connectivity index (χ2v) is 6.62. The van der Waals surface area contributed by atoms with Crippen molar-refractivity contribution in [2.75, 3.05) is 26.8 Å². The van der Waals surface area contributed by atoms with Crippen LogP contribution in [0.4, 0.5) is 0 Å². The Morgan fingerprint density at radius 3 is 2.67 bits per heavy atom. The fraction of sp³-hybridized carbons (Fsp3) is 0.714. The van der Waals surface area contributed by atoms with Crippen molar-refractivity contribution in [2.24, 2.45) is 0 Å². The second-order valence-electron chi connectivity index (χ2n) is 4.88. The molecule has 2 N–H and O–H groups in total. The second kappa shape index (κ2) is 9.19. The van der Waals surface area contributed by atoms with E-state index in [0.29, 0.717) is 37.6 Å². The van der Waals surface area contributed by atoms with Crippen LogP contribution in [0, 0.1) is 6.92 Å². The van der Waals surface area contributed by atoms with Crippen molar-refractivity contribution in [3.05, 3.63) is 17.6 Å². The molecular formula is C14H26N2O4S. The monoisotopic (exact) mass is 318 g/mol. The smallest absolute Gasteiger partial charge is 0.244 e. The van der Waals surface area contributed by atoms with Gasteiger partial charge in [-0.1, -0.05) is 13.3 Å². The van der Waals surface area contributed by atoms with Gasteiger partial charge in [-0.3, -0.25) is 0 Å². The van der Waals surface area contributed by atoms with Crippen molar-refractivity contribution >= 4 is 10.0 Å². The predicted molar refractivity (Wildman–Crippen MR) is 81.7 cm³/mol. The number of rotatable bonds is 11. The van der Waals surface area contributed by atoms with Gasteiger partial charge in [0.05, 0.1) is 6.54 Å². The summed E-state index contributed by atoms with van der Waals surface area (Å²) in [5.74, 6) is 1.02. The van der Waals surface area contributed by atoms with Gasteiger partial charge in [0.1, 0.15) is 16.4 Å². The largest absolute Gasteiger partial charge is 0.464 e. The maximum absolute atomic E-state index is 12.2. The Balaban J connectivity index is 2.43. The molecule has 1 aromatic rings. The zero-order valence-electron chi connectivity index (χ0n) is 13.1. The van der Waals surface area contributed by atoms with Crippen LogP contribution in [-0.4, -0.2) is 35.2 Å². The van der Waals surface area contributed by atoms with Gasteiger partial charge in [-0.2, -0.15) is 0 Å². The van der Waals surface area contributed by atoms with Gasteiger partial charge >= 0.3 is 0 Å². The van der Waals surface area contributed by atoms with E-state index in [-0.39, 0.29) is 4.90 Å². The molecule has 0 aliphatic rings. The van der Waals surface area contributed by atoms with Crippen LogP contribution >= 0.6 is 0 Å². The molecule has 0 fully saturated rings. The van der Waals surface area contributed by atoms with Crippen LogP contribution in [-0.2, 0) is 21.3 Å². The normalized spacial score (nSPS) is 12.0. The summed E-state index contributed by atoms with van der Waals surface area (Å²) in [5.41, 5.74) is 0. The molecule has 7 heteroatoms. The van der Waals surface area contributed by atoms with E-state index >= 15 is 0 Å². The fourth-order valence-electron chi connectivity index (χ4n) is 1.86. The molecule has 0 saturated heterocycles. The number of ether oxygens (including phenoxy) is 1. The Labute approximate surface area is 127 Å². The molecule has 0 atom stereocenters. The standard InChI is InChI=1S/C14H26N2O4S/c1-4-5-8-19-9-6-7-16-21(17,18)14-10-13(11-15-3)20-12(14)2/h10,15-16H,4-9,11H2,1-3H3. The van der Waals surface area contributed by atoms with E-state index in [0.717, 1.165) is 19.4 Å². The van der Waals surface area contributed by atoms with Gasteiger partial charge in [-0.25, -0.2) is 13.1 Å². The zero-order valence-corrected chi connectivity index (χ0v) is 13.9. The van der Waals surface area contributed by atoms with Crippen molar-refractivity contribution in [1.29, 1.82) is 0 Å². The average Bonchev–Trinajstić information content (AvgIpc) is 2.80. The highest BCUT2D eigenvalue weighted by molar-refractivity contribution is 7.89. The van der Waals surface area contributed by atoms with Crippen LogP contribution < -0.4 is 10.0 Å². The summed E-state index contributed by atoms with van der Waals surface area (Å²) in [5, 5.41) is 2.93. The molecule has 122 valence electrons. The van der Waals surface area contributed by atoms with Crippen LogP contribution in [0.5, 0.6) is 0 Å². The number of hydrogen-bond donors (Lipinski definition) is 2. The predicted octanol–water partition coefficient (Wildman–Crippen LogP) is 1.79. The first-order valence-corrected chi connectivity index (χ1v) is 8.81. The summed E-state index contributed by atoms with van der Waals surface area (Å²) in [6, 6.07) is 1.56. The third-order valence-electron chi connectivity index (χ3n) is 2.96. The third kappa shape index (κ3) is 6.17. The third-order valence-corrected chi connectivity index (χ3v) is 4.53. The Bertz CT molecular complexity index is 511. The average molecular weight is 318 g/mol. The minimum Gasteiger partial charge on any atom is -0.464 e. The van der Waals surface area contributed by atoms with E-state index in [1.165, 1.54) is 0 Å². The maximum Gasteiger partial charge on any atom is 0.244 e. The van der Waals surface area contributed by atoms with Crippen molar-refractivity contribution in [1.82, 2.24) is 10.0 Å². The fourth-order valence-corrected chi connectivity index (χ4v) is 3.13. The molecule has 0 amide bonds. The van der Waals surface area contributed by atoms with E-state index in [1.807, 2.05) is 0 Å². The molecule has 0 aliphatic heterocycles. The first-order valence-electron chi connectivity index (χ1n) is 7.32. The highest BCUT2D eigenvalue weighted by Crippen LogP contribution is 2.19. The summed E-state index contributed by atoms with van der Waals surface area (Å²) < 4.78 is 37.7. The van der Waals surface area contributed by atoms with Gasteiger partial charge in [0.15, 0.2) is 0 Å². The van der Waals surface area contributed by atoms with Crippen molar-refractivity contribution in [2.45, 2.75) is 44.6 Å². The van der Waals surface area contributed by atoms with Crippen molar-refractivity contribution in [3.63, 3.8) is 0 Å². The Kier molecular flexibility index (Phi) is 7.95. The number of aryl methyl sites for hydroxylation is 1. The number of unbranched alkanes of at least 4 members (excludes halogenated alkanes) is 1. The maximum atomic E-state index is 12.2. The van der Waals surface area contributed by atoms with E-state index in [4.69, 9.17) is 9.15 Å². The van der Waals surface area contributed by atoms with Crippen LogP contribution in [0.1, 0.15) is 37.7 Å². The Hall–Kier alpha value is -0.890. The molecule has 0 spiro atoms. The van der Waals surface area contributed by atoms with Crippen molar-refractivity contribution in [3.8, 4) is 0 Å². The van der Waals surface area contributed by atoms with E-state index < -0.39 is 10.0 Å². The van der Waals surface area contributed by atoms with Crippen LogP contribution in [0.2, 0.25) is 0 Å². The van der Waals surface area contributed by atoms with Gasteiger partial charge in [0, 0.05) is 25.8 Å². The molecule has 21 heavy (non-hydrogen) atoms. The molecule has 0 radical (unpaired) electrons. The highest BCUT2D eigenvalue weighted by Gasteiger charge is 2.20. The lowest BCUT2D eigenvalue weighted by Gasteiger charge is -2.06. The summed E-state index contributed by atoms with van der Waals surface area (Å²) in [6.07, 6.45) is 2.79. The lowest BCUT2D eigenvalue weighted by Crippen LogP contribution is -2.25. The molecule has 0 saturated carbocycles. The zero-order chi connectivity index (χ0) is 15.7. The molecular weight excluding hydrogens is 292 g/mol. The first kappa shape index (κ1) is 18.2. The quantitative estimate of drug-likeness (QED) is 0.608. The lowest BCUT2D eigenvalue weighted by atomic mass is 10.4. The van der Waals surface area contributed by atoms with E-state index in [1.54, 1.807) is 20.0 Å². The van der Waals surface area contributed by atoms with Gasteiger partial charge in [0.25, 0.3) is 0 Å².